The van der Waals surface area contributed by atoms with Gasteiger partial charge in [-0.1, -0.05) is 29.8 Å². The van der Waals surface area contributed by atoms with E-state index in [1.807, 2.05) is 0 Å². The van der Waals surface area contributed by atoms with E-state index in [1.165, 1.54) is 11.3 Å². The van der Waals surface area contributed by atoms with E-state index in [0.717, 1.165) is 5.01 Å². The first-order chi connectivity index (χ1) is 10.6. The molecule has 0 aliphatic rings. The minimum absolute atomic E-state index is 0.344. The number of methoxy groups -OCH3 is 1. The van der Waals surface area contributed by atoms with Crippen LogP contribution in [0.2, 0.25) is 5.02 Å². The zero-order valence-corrected chi connectivity index (χ0v) is 13.7. The summed E-state index contributed by atoms with van der Waals surface area (Å²) in [5.74, 6) is -0.344. The van der Waals surface area contributed by atoms with Crippen LogP contribution in [0.4, 0.5) is 0 Å². The third kappa shape index (κ3) is 3.63. The first-order valence-corrected chi connectivity index (χ1v) is 7.66. The highest BCUT2D eigenvalue weighted by molar-refractivity contribution is 7.13. The van der Waals surface area contributed by atoms with Crippen molar-refractivity contribution in [2.45, 2.75) is 19.6 Å². The van der Waals surface area contributed by atoms with Gasteiger partial charge >= 0.3 is 0 Å². The molecule has 0 saturated carbocycles. The average Bonchev–Trinajstić information content (AvgIpc) is 2.86. The minimum atomic E-state index is -0.812. The standard InChI is InChI=1S/C15H14ClN3O2S/c1-9-14(22-13(18-9)8-21-2)15(20)19-12(7-17)10-5-3-4-6-11(10)16/h3-6,12H,8H2,1-2H3,(H,19,20)/t12-/m0/s1. The Hall–Kier alpha value is -1.94. The van der Waals surface area contributed by atoms with Crippen molar-refractivity contribution < 1.29 is 9.53 Å². The number of nitrogens with zero attached hydrogens (tertiary/aromatic N) is 2. The van der Waals surface area contributed by atoms with E-state index in [2.05, 4.69) is 16.4 Å². The van der Waals surface area contributed by atoms with E-state index in [1.54, 1.807) is 38.3 Å². The Morgan fingerprint density at radius 1 is 1.55 bits per heavy atom. The second-order valence-electron chi connectivity index (χ2n) is 4.51. The normalized spacial score (nSPS) is 11.7. The van der Waals surface area contributed by atoms with Gasteiger partial charge in [0.15, 0.2) is 0 Å². The van der Waals surface area contributed by atoms with Gasteiger partial charge in [0.2, 0.25) is 0 Å². The predicted molar refractivity (Wildman–Crippen MR) is 84.8 cm³/mol. The fourth-order valence-corrected chi connectivity index (χ4v) is 3.12. The van der Waals surface area contributed by atoms with E-state index in [4.69, 9.17) is 16.3 Å². The van der Waals surface area contributed by atoms with Crippen LogP contribution in [0.15, 0.2) is 24.3 Å². The van der Waals surface area contributed by atoms with Crippen LogP contribution < -0.4 is 5.32 Å². The van der Waals surface area contributed by atoms with Crippen molar-refractivity contribution in [3.05, 3.63) is 50.4 Å². The van der Waals surface area contributed by atoms with E-state index in [9.17, 15) is 10.1 Å². The summed E-state index contributed by atoms with van der Waals surface area (Å²) in [4.78, 5) is 17.1. The van der Waals surface area contributed by atoms with E-state index in [-0.39, 0.29) is 5.91 Å². The van der Waals surface area contributed by atoms with E-state index < -0.39 is 6.04 Å². The second-order valence-corrected chi connectivity index (χ2v) is 6.00. The van der Waals surface area contributed by atoms with Gasteiger partial charge in [0, 0.05) is 17.7 Å². The minimum Gasteiger partial charge on any atom is -0.378 e. The maximum atomic E-state index is 12.4. The van der Waals surface area contributed by atoms with Gasteiger partial charge in [0.1, 0.15) is 15.9 Å². The maximum Gasteiger partial charge on any atom is 0.264 e. The van der Waals surface area contributed by atoms with Crippen molar-refractivity contribution in [1.29, 1.82) is 5.26 Å². The lowest BCUT2D eigenvalue weighted by molar-refractivity contribution is 0.0948. The zero-order valence-electron chi connectivity index (χ0n) is 12.1. The lowest BCUT2D eigenvalue weighted by Crippen LogP contribution is -2.27. The molecule has 0 radical (unpaired) electrons. The molecule has 0 aliphatic carbocycles. The Morgan fingerprint density at radius 3 is 2.91 bits per heavy atom. The molecule has 0 bridgehead atoms. The van der Waals surface area contributed by atoms with Gasteiger partial charge in [-0.3, -0.25) is 4.79 Å². The van der Waals surface area contributed by atoms with Gasteiger partial charge in [0.05, 0.1) is 18.4 Å². The molecule has 1 amide bonds. The first-order valence-electron chi connectivity index (χ1n) is 6.47. The fraction of sp³-hybridized carbons (Fsp3) is 0.267. The van der Waals surface area contributed by atoms with Crippen molar-refractivity contribution in [3.63, 3.8) is 0 Å². The van der Waals surface area contributed by atoms with Crippen LogP contribution >= 0.6 is 22.9 Å². The van der Waals surface area contributed by atoms with Crippen LogP contribution in [-0.4, -0.2) is 18.0 Å². The molecular weight excluding hydrogens is 322 g/mol. The summed E-state index contributed by atoms with van der Waals surface area (Å²) in [5.41, 5.74) is 1.18. The Kier molecular flexibility index (Phi) is 5.50. The Bertz CT molecular complexity index is 724. The number of ether oxygens (including phenoxy) is 1. The molecule has 0 aliphatic heterocycles. The Balaban J connectivity index is 2.20. The molecule has 0 spiro atoms. The van der Waals surface area contributed by atoms with Crippen molar-refractivity contribution >= 4 is 28.8 Å². The van der Waals surface area contributed by atoms with Crippen molar-refractivity contribution in [2.75, 3.05) is 7.11 Å². The topological polar surface area (TPSA) is 75.0 Å². The van der Waals surface area contributed by atoms with Gasteiger partial charge in [-0.25, -0.2) is 4.98 Å². The number of nitriles is 1. The molecule has 0 unspecified atom stereocenters. The van der Waals surface area contributed by atoms with Crippen molar-refractivity contribution in [3.8, 4) is 6.07 Å². The third-order valence-corrected chi connectivity index (χ3v) is 4.41. The van der Waals surface area contributed by atoms with Crippen LogP contribution in [0.5, 0.6) is 0 Å². The molecule has 0 saturated heterocycles. The third-order valence-electron chi connectivity index (χ3n) is 2.94. The summed E-state index contributed by atoms with van der Waals surface area (Å²) >= 11 is 7.33. The first kappa shape index (κ1) is 16.4. The number of carbonyl (C=O) groups is 1. The molecular formula is C15H14ClN3O2S. The lowest BCUT2D eigenvalue weighted by Gasteiger charge is -2.12. The SMILES string of the molecule is COCc1nc(C)c(C(=O)N[C@@H](C#N)c2ccccc2Cl)s1. The number of aromatic nitrogens is 1. The molecule has 2 aromatic rings. The molecule has 114 valence electrons. The van der Waals surface area contributed by atoms with Crippen LogP contribution in [0.1, 0.15) is 32.0 Å². The van der Waals surface area contributed by atoms with Crippen LogP contribution in [0, 0.1) is 18.3 Å². The number of nitrogens with one attached hydrogen (secondary N) is 1. The summed E-state index contributed by atoms with van der Waals surface area (Å²) in [6.07, 6.45) is 0. The summed E-state index contributed by atoms with van der Waals surface area (Å²) in [6, 6.07) is 8.18. The number of rotatable bonds is 5. The molecule has 22 heavy (non-hydrogen) atoms. The Labute approximate surface area is 137 Å². The highest BCUT2D eigenvalue weighted by Gasteiger charge is 2.21. The number of hydrogen-bond acceptors (Lipinski definition) is 5. The molecule has 5 nitrogen and oxygen atoms in total. The highest BCUT2D eigenvalue weighted by Crippen LogP contribution is 2.24. The number of carbonyl (C=O) groups excluding carboxylic acids is 1. The number of thiazole rings is 1. The molecule has 1 aromatic heterocycles. The number of hydrogen-bond donors (Lipinski definition) is 1. The van der Waals surface area contributed by atoms with Gasteiger partial charge in [0.25, 0.3) is 5.91 Å². The average molecular weight is 336 g/mol. The van der Waals surface area contributed by atoms with Gasteiger partial charge < -0.3 is 10.1 Å². The highest BCUT2D eigenvalue weighted by atomic mass is 35.5. The number of amides is 1. The second kappa shape index (κ2) is 7.36. The molecule has 0 fully saturated rings. The van der Waals surface area contributed by atoms with Crippen LogP contribution in [-0.2, 0) is 11.3 Å². The molecule has 2 rings (SSSR count). The smallest absolute Gasteiger partial charge is 0.264 e. The molecule has 7 heteroatoms. The maximum absolute atomic E-state index is 12.4. The zero-order chi connectivity index (χ0) is 16.1. The van der Waals surface area contributed by atoms with Crippen molar-refractivity contribution in [2.24, 2.45) is 0 Å². The predicted octanol–water partition coefficient (Wildman–Crippen LogP) is 3.25. The monoisotopic (exact) mass is 335 g/mol. The fourth-order valence-electron chi connectivity index (χ4n) is 1.93. The van der Waals surface area contributed by atoms with Gasteiger partial charge in [-0.15, -0.1) is 11.3 Å². The van der Waals surface area contributed by atoms with Crippen LogP contribution in [0.25, 0.3) is 0 Å². The van der Waals surface area contributed by atoms with Crippen LogP contribution in [0.3, 0.4) is 0 Å². The summed E-state index contributed by atoms with van der Waals surface area (Å²) in [5, 5.41) is 13.1. The molecule has 1 atom stereocenters. The number of benzene rings is 1. The molecule has 1 heterocycles. The van der Waals surface area contributed by atoms with E-state index >= 15 is 0 Å². The number of aryl methyl sites for hydroxylation is 1. The number of halogens is 1. The largest absolute Gasteiger partial charge is 0.378 e. The Morgan fingerprint density at radius 2 is 2.27 bits per heavy atom. The summed E-state index contributed by atoms with van der Waals surface area (Å²) in [6.45, 7) is 2.10. The van der Waals surface area contributed by atoms with E-state index in [0.29, 0.717) is 27.8 Å². The lowest BCUT2D eigenvalue weighted by atomic mass is 10.1. The summed E-state index contributed by atoms with van der Waals surface area (Å²) < 4.78 is 5.01. The summed E-state index contributed by atoms with van der Waals surface area (Å²) in [7, 11) is 1.57. The van der Waals surface area contributed by atoms with Gasteiger partial charge in [-0.2, -0.15) is 5.26 Å². The molecule has 1 N–H and O–H groups in total. The van der Waals surface area contributed by atoms with Gasteiger partial charge in [-0.05, 0) is 13.0 Å². The van der Waals surface area contributed by atoms with Crippen molar-refractivity contribution in [1.82, 2.24) is 10.3 Å². The quantitative estimate of drug-likeness (QED) is 0.910. The molecule has 1 aromatic carbocycles.